The molecule has 0 aromatic carbocycles. The Morgan fingerprint density at radius 1 is 1.42 bits per heavy atom. The highest BCUT2D eigenvalue weighted by Crippen LogP contribution is 2.22. The lowest BCUT2D eigenvalue weighted by atomic mass is 9.98. The van der Waals surface area contributed by atoms with Crippen molar-refractivity contribution < 1.29 is 9.47 Å². The zero-order valence-corrected chi connectivity index (χ0v) is 8.18. The van der Waals surface area contributed by atoms with E-state index >= 15 is 0 Å². The van der Waals surface area contributed by atoms with Crippen LogP contribution in [-0.4, -0.2) is 25.9 Å². The fourth-order valence-electron chi connectivity index (χ4n) is 0.849. The van der Waals surface area contributed by atoms with Gasteiger partial charge in [-0.05, 0) is 20.8 Å². The summed E-state index contributed by atoms with van der Waals surface area (Å²) in [6, 6.07) is 0. The van der Waals surface area contributed by atoms with E-state index in [-0.39, 0.29) is 17.6 Å². The van der Waals surface area contributed by atoms with E-state index in [0.717, 1.165) is 0 Å². The standard InChI is InChI=1S/C10H16O2/c1-10(2,3)6-5-8-9(12-8)7-11-4/h8-9H,7H2,1-4H3/t8-,9-/m0/s1. The smallest absolute Gasteiger partial charge is 0.147 e. The molecule has 1 rings (SSSR count). The monoisotopic (exact) mass is 168 g/mol. The Morgan fingerprint density at radius 2 is 2.08 bits per heavy atom. The Bertz CT molecular complexity index is 204. The molecule has 1 fully saturated rings. The van der Waals surface area contributed by atoms with Crippen LogP contribution in [0.5, 0.6) is 0 Å². The molecule has 1 aliphatic heterocycles. The van der Waals surface area contributed by atoms with Gasteiger partial charge in [0.2, 0.25) is 0 Å². The lowest BCUT2D eigenvalue weighted by Crippen LogP contribution is -2.03. The molecule has 0 saturated carbocycles. The summed E-state index contributed by atoms with van der Waals surface area (Å²) in [5.41, 5.74) is 0.0730. The van der Waals surface area contributed by atoms with Crippen molar-refractivity contribution in [2.75, 3.05) is 13.7 Å². The fourth-order valence-corrected chi connectivity index (χ4v) is 0.849. The molecule has 1 aliphatic rings. The van der Waals surface area contributed by atoms with Crippen molar-refractivity contribution in [1.29, 1.82) is 0 Å². The number of hydrogen-bond acceptors (Lipinski definition) is 2. The number of methoxy groups -OCH3 is 1. The molecule has 0 spiro atoms. The first kappa shape index (κ1) is 9.57. The second kappa shape index (κ2) is 3.47. The average molecular weight is 168 g/mol. The van der Waals surface area contributed by atoms with Gasteiger partial charge in [0.05, 0.1) is 6.61 Å². The van der Waals surface area contributed by atoms with E-state index in [2.05, 4.69) is 32.6 Å². The Balaban J connectivity index is 2.30. The maximum absolute atomic E-state index is 5.25. The molecule has 0 unspecified atom stereocenters. The largest absolute Gasteiger partial charge is 0.382 e. The van der Waals surface area contributed by atoms with Crippen LogP contribution in [-0.2, 0) is 9.47 Å². The van der Waals surface area contributed by atoms with Crippen LogP contribution < -0.4 is 0 Å². The molecular weight excluding hydrogens is 152 g/mol. The molecule has 68 valence electrons. The van der Waals surface area contributed by atoms with Gasteiger partial charge in [0, 0.05) is 12.5 Å². The first-order valence-corrected chi connectivity index (χ1v) is 4.20. The topological polar surface area (TPSA) is 21.8 Å². The maximum atomic E-state index is 5.25. The first-order chi connectivity index (χ1) is 5.53. The van der Waals surface area contributed by atoms with Gasteiger partial charge < -0.3 is 9.47 Å². The predicted octanol–water partition coefficient (Wildman–Crippen LogP) is 1.45. The quantitative estimate of drug-likeness (QED) is 0.460. The van der Waals surface area contributed by atoms with Crippen molar-refractivity contribution in [3.05, 3.63) is 0 Å². The third-order valence-corrected chi connectivity index (χ3v) is 1.50. The summed E-state index contributed by atoms with van der Waals surface area (Å²) in [5.74, 6) is 6.22. The van der Waals surface area contributed by atoms with Crippen molar-refractivity contribution in [2.45, 2.75) is 33.0 Å². The maximum Gasteiger partial charge on any atom is 0.147 e. The Hall–Kier alpha value is -0.520. The summed E-state index contributed by atoms with van der Waals surface area (Å²) >= 11 is 0. The van der Waals surface area contributed by atoms with Crippen LogP contribution in [0.25, 0.3) is 0 Å². The molecule has 1 saturated heterocycles. The Kier molecular flexibility index (Phi) is 2.76. The van der Waals surface area contributed by atoms with Crippen LogP contribution in [0.3, 0.4) is 0 Å². The molecule has 2 heteroatoms. The summed E-state index contributed by atoms with van der Waals surface area (Å²) in [7, 11) is 1.68. The van der Waals surface area contributed by atoms with E-state index in [1.165, 1.54) is 0 Å². The summed E-state index contributed by atoms with van der Waals surface area (Å²) in [5, 5.41) is 0. The SMILES string of the molecule is COC[C@@H]1O[C@H]1C#CC(C)(C)C. The number of epoxide rings is 1. The van der Waals surface area contributed by atoms with Gasteiger partial charge in [0.15, 0.2) is 0 Å². The molecule has 2 nitrogen and oxygen atoms in total. The highest BCUT2D eigenvalue weighted by Gasteiger charge is 2.37. The van der Waals surface area contributed by atoms with Crippen molar-refractivity contribution in [3.8, 4) is 11.8 Å². The van der Waals surface area contributed by atoms with Gasteiger partial charge in [0.25, 0.3) is 0 Å². The van der Waals surface area contributed by atoms with Crippen LogP contribution in [0, 0.1) is 17.3 Å². The van der Waals surface area contributed by atoms with E-state index in [0.29, 0.717) is 6.61 Å². The van der Waals surface area contributed by atoms with Crippen LogP contribution in [0.1, 0.15) is 20.8 Å². The summed E-state index contributed by atoms with van der Waals surface area (Å²) in [4.78, 5) is 0. The van der Waals surface area contributed by atoms with Crippen LogP contribution >= 0.6 is 0 Å². The van der Waals surface area contributed by atoms with Crippen LogP contribution in [0.15, 0.2) is 0 Å². The molecule has 0 N–H and O–H groups in total. The molecule has 0 radical (unpaired) electrons. The highest BCUT2D eigenvalue weighted by molar-refractivity contribution is 5.17. The van der Waals surface area contributed by atoms with E-state index in [4.69, 9.17) is 9.47 Å². The van der Waals surface area contributed by atoms with Gasteiger partial charge in [-0.15, -0.1) is 0 Å². The van der Waals surface area contributed by atoms with Gasteiger partial charge in [0.1, 0.15) is 12.2 Å². The molecule has 0 aromatic heterocycles. The second-order valence-corrected chi connectivity index (χ2v) is 4.07. The molecule has 0 bridgehead atoms. The molecule has 0 amide bonds. The molecule has 1 heterocycles. The minimum absolute atomic E-state index is 0.0730. The van der Waals surface area contributed by atoms with Gasteiger partial charge in [-0.3, -0.25) is 0 Å². The lowest BCUT2D eigenvalue weighted by molar-refractivity contribution is 0.171. The van der Waals surface area contributed by atoms with Crippen molar-refractivity contribution in [1.82, 2.24) is 0 Å². The minimum Gasteiger partial charge on any atom is -0.382 e. The molecule has 12 heavy (non-hydrogen) atoms. The molecule has 0 aromatic rings. The summed E-state index contributed by atoms with van der Waals surface area (Å²) in [6.45, 7) is 6.93. The van der Waals surface area contributed by atoms with Crippen molar-refractivity contribution >= 4 is 0 Å². The molecule has 2 atom stereocenters. The molecular formula is C10H16O2. The zero-order chi connectivity index (χ0) is 9.19. The van der Waals surface area contributed by atoms with Crippen molar-refractivity contribution in [2.24, 2.45) is 5.41 Å². The Morgan fingerprint density at radius 3 is 2.58 bits per heavy atom. The van der Waals surface area contributed by atoms with Gasteiger partial charge in [-0.1, -0.05) is 11.8 Å². The van der Waals surface area contributed by atoms with E-state index in [1.807, 2.05) is 0 Å². The first-order valence-electron chi connectivity index (χ1n) is 4.20. The van der Waals surface area contributed by atoms with E-state index in [9.17, 15) is 0 Å². The second-order valence-electron chi connectivity index (χ2n) is 4.07. The fraction of sp³-hybridized carbons (Fsp3) is 0.800. The summed E-state index contributed by atoms with van der Waals surface area (Å²) < 4.78 is 10.2. The van der Waals surface area contributed by atoms with E-state index < -0.39 is 0 Å². The van der Waals surface area contributed by atoms with Gasteiger partial charge >= 0.3 is 0 Å². The lowest BCUT2D eigenvalue weighted by Gasteiger charge is -2.06. The Labute approximate surface area is 74.2 Å². The third-order valence-electron chi connectivity index (χ3n) is 1.50. The third kappa shape index (κ3) is 3.25. The molecule has 0 aliphatic carbocycles. The van der Waals surface area contributed by atoms with Crippen molar-refractivity contribution in [3.63, 3.8) is 0 Å². The highest BCUT2D eigenvalue weighted by atomic mass is 16.6. The van der Waals surface area contributed by atoms with Crippen LogP contribution in [0.4, 0.5) is 0 Å². The average Bonchev–Trinajstić information content (AvgIpc) is 2.63. The number of hydrogen-bond donors (Lipinski definition) is 0. The predicted molar refractivity (Wildman–Crippen MR) is 47.8 cm³/mol. The zero-order valence-electron chi connectivity index (χ0n) is 8.18. The minimum atomic E-state index is 0.0730. The van der Waals surface area contributed by atoms with Gasteiger partial charge in [-0.2, -0.15) is 0 Å². The van der Waals surface area contributed by atoms with Gasteiger partial charge in [-0.25, -0.2) is 0 Å². The van der Waals surface area contributed by atoms with Crippen LogP contribution in [0.2, 0.25) is 0 Å². The number of rotatable bonds is 2. The summed E-state index contributed by atoms with van der Waals surface area (Å²) in [6.07, 6.45) is 0.328. The van der Waals surface area contributed by atoms with E-state index in [1.54, 1.807) is 7.11 Å². The normalized spacial score (nSPS) is 27.7. The number of ether oxygens (including phenoxy) is 2.